The summed E-state index contributed by atoms with van der Waals surface area (Å²) >= 11 is 19.0. The van der Waals surface area contributed by atoms with E-state index in [0.29, 0.717) is 0 Å². The Balaban J connectivity index is 2.35. The van der Waals surface area contributed by atoms with Crippen molar-refractivity contribution in [3.63, 3.8) is 0 Å². The first kappa shape index (κ1) is 11.9. The van der Waals surface area contributed by atoms with Gasteiger partial charge in [-0.3, -0.25) is 0 Å². The van der Waals surface area contributed by atoms with Gasteiger partial charge in [-0.25, -0.2) is 0 Å². The van der Waals surface area contributed by atoms with Gasteiger partial charge in [-0.1, -0.05) is 11.6 Å². The number of hydrogen-bond acceptors (Lipinski definition) is 2. The van der Waals surface area contributed by atoms with Crippen molar-refractivity contribution in [2.75, 3.05) is 0 Å². The van der Waals surface area contributed by atoms with Crippen LogP contribution in [-0.4, -0.2) is 0 Å². The molecule has 1 unspecified atom stereocenters. The molecule has 0 aromatic carbocycles. The average Bonchev–Trinajstić information content (AvgIpc) is 2.71. The predicted octanol–water partition coefficient (Wildman–Crippen LogP) is 5.86. The topological polar surface area (TPSA) is 0 Å². The standard InChI is InChI=1S/C10H7BrCl2S2/c1-5-7(3-8(11)15-5)10(13)6-2-9(12)14-4-6/h2-4,10H,1H3. The Morgan fingerprint density at radius 3 is 2.60 bits per heavy atom. The highest BCUT2D eigenvalue weighted by atomic mass is 79.9. The molecule has 0 aliphatic rings. The molecule has 80 valence electrons. The smallest absolute Gasteiger partial charge is 0.0931 e. The highest BCUT2D eigenvalue weighted by Gasteiger charge is 2.16. The lowest BCUT2D eigenvalue weighted by molar-refractivity contribution is 1.15. The average molecular weight is 342 g/mol. The van der Waals surface area contributed by atoms with Crippen molar-refractivity contribution in [3.8, 4) is 0 Å². The second-order valence-corrected chi connectivity index (χ2v) is 7.72. The van der Waals surface area contributed by atoms with E-state index in [4.69, 9.17) is 23.2 Å². The minimum absolute atomic E-state index is 0.101. The van der Waals surface area contributed by atoms with Crippen LogP contribution in [0.1, 0.15) is 21.4 Å². The van der Waals surface area contributed by atoms with Crippen LogP contribution in [0.2, 0.25) is 4.34 Å². The Morgan fingerprint density at radius 1 is 1.40 bits per heavy atom. The number of hydrogen-bond donors (Lipinski definition) is 0. The summed E-state index contributed by atoms with van der Waals surface area (Å²) in [7, 11) is 0. The fraction of sp³-hybridized carbons (Fsp3) is 0.200. The van der Waals surface area contributed by atoms with Crippen molar-refractivity contribution >= 4 is 61.8 Å². The quantitative estimate of drug-likeness (QED) is 0.600. The third kappa shape index (κ3) is 2.59. The number of alkyl halides is 1. The minimum Gasteiger partial charge on any atom is -0.133 e. The van der Waals surface area contributed by atoms with Crippen molar-refractivity contribution in [2.45, 2.75) is 12.3 Å². The molecular weight excluding hydrogens is 335 g/mol. The SMILES string of the molecule is Cc1sc(Br)cc1C(Cl)c1csc(Cl)c1. The fourth-order valence-corrected chi connectivity index (χ4v) is 4.50. The third-order valence-electron chi connectivity index (χ3n) is 2.08. The second kappa shape index (κ2) is 4.76. The van der Waals surface area contributed by atoms with Crippen molar-refractivity contribution in [1.82, 2.24) is 0 Å². The van der Waals surface area contributed by atoms with E-state index in [1.54, 1.807) is 11.3 Å². The fourth-order valence-electron chi connectivity index (χ4n) is 1.35. The molecule has 2 heterocycles. The van der Waals surface area contributed by atoms with Crippen LogP contribution in [0, 0.1) is 6.92 Å². The van der Waals surface area contributed by atoms with E-state index in [0.717, 1.165) is 19.2 Å². The zero-order valence-electron chi connectivity index (χ0n) is 7.76. The first-order chi connectivity index (χ1) is 7.08. The van der Waals surface area contributed by atoms with Gasteiger partial charge >= 0.3 is 0 Å². The predicted molar refractivity (Wildman–Crippen MR) is 73.8 cm³/mol. The summed E-state index contributed by atoms with van der Waals surface area (Å²) in [6, 6.07) is 4.00. The Hall–Kier alpha value is 0.460. The van der Waals surface area contributed by atoms with E-state index >= 15 is 0 Å². The summed E-state index contributed by atoms with van der Waals surface area (Å²) in [6.45, 7) is 2.08. The van der Waals surface area contributed by atoms with Crippen LogP contribution in [0.15, 0.2) is 21.3 Å². The highest BCUT2D eigenvalue weighted by Crippen LogP contribution is 2.39. The Kier molecular flexibility index (Phi) is 3.79. The summed E-state index contributed by atoms with van der Waals surface area (Å²) in [5, 5.41) is 1.90. The molecule has 0 amide bonds. The zero-order chi connectivity index (χ0) is 11.0. The van der Waals surface area contributed by atoms with Crippen molar-refractivity contribution in [3.05, 3.63) is 41.6 Å². The van der Waals surface area contributed by atoms with Gasteiger partial charge < -0.3 is 0 Å². The molecule has 0 saturated carbocycles. The third-order valence-corrected chi connectivity index (χ3v) is 5.25. The van der Waals surface area contributed by atoms with Gasteiger partial charge in [0.05, 0.1) is 13.5 Å². The van der Waals surface area contributed by atoms with Gasteiger partial charge in [0, 0.05) is 4.88 Å². The minimum atomic E-state index is -0.101. The van der Waals surface area contributed by atoms with Gasteiger partial charge in [0.25, 0.3) is 0 Å². The van der Waals surface area contributed by atoms with Crippen LogP contribution in [0.3, 0.4) is 0 Å². The van der Waals surface area contributed by atoms with E-state index in [1.165, 1.54) is 16.2 Å². The lowest BCUT2D eigenvalue weighted by Gasteiger charge is -2.06. The van der Waals surface area contributed by atoms with Crippen molar-refractivity contribution in [2.24, 2.45) is 0 Å². The summed E-state index contributed by atoms with van der Waals surface area (Å²) in [4.78, 5) is 1.24. The maximum atomic E-state index is 6.40. The molecule has 0 fully saturated rings. The van der Waals surface area contributed by atoms with E-state index in [2.05, 4.69) is 28.9 Å². The monoisotopic (exact) mass is 340 g/mol. The van der Waals surface area contributed by atoms with Crippen LogP contribution >= 0.6 is 61.8 Å². The summed E-state index contributed by atoms with van der Waals surface area (Å²) in [5.41, 5.74) is 2.23. The molecule has 0 aliphatic heterocycles. The molecule has 0 saturated heterocycles. The second-order valence-electron chi connectivity index (χ2n) is 3.11. The van der Waals surface area contributed by atoms with Crippen LogP contribution in [0.5, 0.6) is 0 Å². The number of halogens is 3. The normalized spacial score (nSPS) is 13.1. The van der Waals surface area contributed by atoms with Gasteiger partial charge in [-0.05, 0) is 51.5 Å². The molecule has 2 rings (SSSR count). The molecule has 0 spiro atoms. The molecule has 0 bridgehead atoms. The van der Waals surface area contributed by atoms with E-state index < -0.39 is 0 Å². The van der Waals surface area contributed by atoms with E-state index in [1.807, 2.05) is 11.4 Å². The lowest BCUT2D eigenvalue weighted by atomic mass is 10.1. The molecule has 5 heteroatoms. The maximum absolute atomic E-state index is 6.40. The first-order valence-corrected chi connectivity index (χ1v) is 7.52. The number of rotatable bonds is 2. The summed E-state index contributed by atoms with van der Waals surface area (Å²) in [5.74, 6) is 0. The van der Waals surface area contributed by atoms with E-state index in [-0.39, 0.29) is 5.38 Å². The molecule has 2 aromatic rings. The number of aryl methyl sites for hydroxylation is 1. The van der Waals surface area contributed by atoms with Gasteiger partial charge in [0.2, 0.25) is 0 Å². The van der Waals surface area contributed by atoms with Crippen LogP contribution in [0.25, 0.3) is 0 Å². The van der Waals surface area contributed by atoms with Crippen molar-refractivity contribution < 1.29 is 0 Å². The Labute approximate surface area is 115 Å². The molecule has 0 N–H and O–H groups in total. The lowest BCUT2D eigenvalue weighted by Crippen LogP contribution is -1.90. The Morgan fingerprint density at radius 2 is 2.13 bits per heavy atom. The summed E-state index contributed by atoms with van der Waals surface area (Å²) < 4.78 is 1.89. The highest BCUT2D eigenvalue weighted by molar-refractivity contribution is 9.11. The molecule has 0 nitrogen and oxygen atoms in total. The summed E-state index contributed by atoms with van der Waals surface area (Å²) in [6.07, 6.45) is 0. The molecule has 2 aromatic heterocycles. The van der Waals surface area contributed by atoms with E-state index in [9.17, 15) is 0 Å². The largest absolute Gasteiger partial charge is 0.133 e. The first-order valence-electron chi connectivity index (χ1n) is 4.21. The molecule has 1 atom stereocenters. The molecule has 0 radical (unpaired) electrons. The molecular formula is C10H7BrCl2S2. The van der Waals surface area contributed by atoms with Crippen LogP contribution in [-0.2, 0) is 0 Å². The van der Waals surface area contributed by atoms with Crippen LogP contribution in [0.4, 0.5) is 0 Å². The maximum Gasteiger partial charge on any atom is 0.0931 e. The van der Waals surface area contributed by atoms with Gasteiger partial charge in [-0.15, -0.1) is 34.3 Å². The van der Waals surface area contributed by atoms with Crippen molar-refractivity contribution in [1.29, 1.82) is 0 Å². The van der Waals surface area contributed by atoms with Crippen LogP contribution < -0.4 is 0 Å². The molecule has 0 aliphatic carbocycles. The zero-order valence-corrected chi connectivity index (χ0v) is 12.5. The molecule has 15 heavy (non-hydrogen) atoms. The van der Waals surface area contributed by atoms with Gasteiger partial charge in [-0.2, -0.15) is 0 Å². The van der Waals surface area contributed by atoms with Gasteiger partial charge in [0.1, 0.15) is 0 Å². The number of thiophene rings is 2. The van der Waals surface area contributed by atoms with Gasteiger partial charge in [0.15, 0.2) is 0 Å². The Bertz CT molecular complexity index is 475.